The first-order chi connectivity index (χ1) is 12.6. The Labute approximate surface area is 152 Å². The molecule has 3 aromatic rings. The summed E-state index contributed by atoms with van der Waals surface area (Å²) in [5, 5.41) is 5.93. The van der Waals surface area contributed by atoms with Gasteiger partial charge in [0.05, 0.1) is 12.8 Å². The Morgan fingerprint density at radius 3 is 2.62 bits per heavy atom. The van der Waals surface area contributed by atoms with Gasteiger partial charge in [0.2, 0.25) is 5.95 Å². The molecule has 1 amide bonds. The first-order valence-corrected chi connectivity index (χ1v) is 8.18. The number of carbonyl (C=O) groups excluding carboxylic acids is 1. The Kier molecular flexibility index (Phi) is 5.12. The maximum atomic E-state index is 12.5. The fourth-order valence-corrected chi connectivity index (χ4v) is 2.43. The highest BCUT2D eigenvalue weighted by atomic mass is 16.5. The maximum Gasteiger partial charge on any atom is 0.274 e. The molecule has 0 aliphatic heterocycles. The van der Waals surface area contributed by atoms with E-state index in [9.17, 15) is 4.79 Å². The minimum atomic E-state index is -0.333. The number of amides is 1. The van der Waals surface area contributed by atoms with Gasteiger partial charge in [-0.15, -0.1) is 0 Å². The van der Waals surface area contributed by atoms with Crippen LogP contribution in [0.5, 0.6) is 5.75 Å². The van der Waals surface area contributed by atoms with Gasteiger partial charge in [-0.2, -0.15) is 0 Å². The standard InChI is InChI=1S/C20H20N4O2/c1-13-8-9-15(12-14(13)2)22-20-21-11-10-17(24-20)19(25)23-16-6-4-5-7-18(16)26-3/h4-12H,1-3H3,(H,23,25)(H,21,22,24). The van der Waals surface area contributed by atoms with Crippen LogP contribution in [0.15, 0.2) is 54.7 Å². The molecule has 26 heavy (non-hydrogen) atoms. The smallest absolute Gasteiger partial charge is 0.274 e. The van der Waals surface area contributed by atoms with E-state index in [1.165, 1.54) is 11.1 Å². The van der Waals surface area contributed by atoms with Crippen molar-refractivity contribution in [1.29, 1.82) is 0 Å². The Morgan fingerprint density at radius 1 is 1.04 bits per heavy atom. The van der Waals surface area contributed by atoms with E-state index in [0.717, 1.165) is 5.69 Å². The highest BCUT2D eigenvalue weighted by Gasteiger charge is 2.12. The Hall–Kier alpha value is -3.41. The lowest BCUT2D eigenvalue weighted by Crippen LogP contribution is -2.15. The normalized spacial score (nSPS) is 10.3. The Bertz CT molecular complexity index is 941. The summed E-state index contributed by atoms with van der Waals surface area (Å²) in [6.45, 7) is 4.09. The van der Waals surface area contributed by atoms with E-state index in [-0.39, 0.29) is 11.6 Å². The van der Waals surface area contributed by atoms with Crippen molar-refractivity contribution in [1.82, 2.24) is 9.97 Å². The number of carbonyl (C=O) groups is 1. The third-order valence-electron chi connectivity index (χ3n) is 4.01. The molecule has 3 rings (SSSR count). The van der Waals surface area contributed by atoms with E-state index in [1.54, 1.807) is 31.5 Å². The number of nitrogens with one attached hydrogen (secondary N) is 2. The number of nitrogens with zero attached hydrogens (tertiary/aromatic N) is 2. The molecule has 132 valence electrons. The zero-order valence-corrected chi connectivity index (χ0v) is 14.9. The second-order valence-corrected chi connectivity index (χ2v) is 5.84. The number of methoxy groups -OCH3 is 1. The molecular formula is C20H20N4O2. The molecule has 2 aromatic carbocycles. The van der Waals surface area contributed by atoms with Crippen molar-refractivity contribution in [2.45, 2.75) is 13.8 Å². The number of hydrogen-bond acceptors (Lipinski definition) is 5. The van der Waals surface area contributed by atoms with E-state index < -0.39 is 0 Å². The van der Waals surface area contributed by atoms with Gasteiger partial charge in [0.15, 0.2) is 0 Å². The number of para-hydroxylation sites is 2. The van der Waals surface area contributed by atoms with Crippen LogP contribution in [-0.2, 0) is 0 Å². The van der Waals surface area contributed by atoms with Crippen LogP contribution in [0.3, 0.4) is 0 Å². The SMILES string of the molecule is COc1ccccc1NC(=O)c1ccnc(Nc2ccc(C)c(C)c2)n1. The Balaban J connectivity index is 1.78. The molecule has 6 heteroatoms. The van der Waals surface area contributed by atoms with Crippen molar-refractivity contribution in [2.24, 2.45) is 0 Å². The quantitative estimate of drug-likeness (QED) is 0.726. The lowest BCUT2D eigenvalue weighted by atomic mass is 10.1. The third kappa shape index (κ3) is 3.97. The molecular weight excluding hydrogens is 328 g/mol. The molecule has 0 saturated carbocycles. The summed E-state index contributed by atoms with van der Waals surface area (Å²) in [5.41, 5.74) is 4.09. The van der Waals surface area contributed by atoms with E-state index in [0.29, 0.717) is 17.4 Å². The highest BCUT2D eigenvalue weighted by Crippen LogP contribution is 2.23. The molecule has 0 fully saturated rings. The van der Waals surface area contributed by atoms with Gasteiger partial charge >= 0.3 is 0 Å². The number of hydrogen-bond donors (Lipinski definition) is 2. The van der Waals surface area contributed by atoms with Gasteiger partial charge in [0.1, 0.15) is 11.4 Å². The van der Waals surface area contributed by atoms with Crippen molar-refractivity contribution in [3.8, 4) is 5.75 Å². The largest absolute Gasteiger partial charge is 0.495 e. The summed E-state index contributed by atoms with van der Waals surface area (Å²) < 4.78 is 5.25. The number of aryl methyl sites for hydroxylation is 2. The average Bonchev–Trinajstić information content (AvgIpc) is 2.65. The molecule has 0 radical (unpaired) electrons. The first-order valence-electron chi connectivity index (χ1n) is 8.18. The van der Waals surface area contributed by atoms with Crippen molar-refractivity contribution in [3.63, 3.8) is 0 Å². The van der Waals surface area contributed by atoms with Crippen LogP contribution in [0.2, 0.25) is 0 Å². The zero-order chi connectivity index (χ0) is 18.5. The van der Waals surface area contributed by atoms with Crippen LogP contribution in [0, 0.1) is 13.8 Å². The lowest BCUT2D eigenvalue weighted by Gasteiger charge is -2.10. The minimum Gasteiger partial charge on any atom is -0.495 e. The molecule has 0 unspecified atom stereocenters. The summed E-state index contributed by atoms with van der Waals surface area (Å²) >= 11 is 0. The number of ether oxygens (including phenoxy) is 1. The van der Waals surface area contributed by atoms with Gasteiger partial charge in [-0.25, -0.2) is 9.97 Å². The predicted molar refractivity (Wildman–Crippen MR) is 102 cm³/mol. The van der Waals surface area contributed by atoms with Crippen LogP contribution >= 0.6 is 0 Å². The maximum absolute atomic E-state index is 12.5. The van der Waals surface area contributed by atoms with E-state index >= 15 is 0 Å². The van der Waals surface area contributed by atoms with E-state index in [4.69, 9.17) is 4.74 Å². The number of rotatable bonds is 5. The molecule has 0 spiro atoms. The summed E-state index contributed by atoms with van der Waals surface area (Å²) in [7, 11) is 1.56. The van der Waals surface area contributed by atoms with Crippen LogP contribution in [-0.4, -0.2) is 23.0 Å². The molecule has 1 aromatic heterocycles. The average molecular weight is 348 g/mol. The lowest BCUT2D eigenvalue weighted by molar-refractivity contribution is 0.102. The van der Waals surface area contributed by atoms with E-state index in [1.807, 2.05) is 37.3 Å². The predicted octanol–water partition coefficient (Wildman–Crippen LogP) is 4.10. The number of aromatic nitrogens is 2. The van der Waals surface area contributed by atoms with Gasteiger partial charge in [-0.3, -0.25) is 4.79 Å². The van der Waals surface area contributed by atoms with Crippen molar-refractivity contribution in [2.75, 3.05) is 17.7 Å². The van der Waals surface area contributed by atoms with Gasteiger partial charge < -0.3 is 15.4 Å². The third-order valence-corrected chi connectivity index (χ3v) is 4.01. The first kappa shape index (κ1) is 17.4. The summed E-state index contributed by atoms with van der Waals surface area (Å²) in [5.74, 6) is 0.615. The second-order valence-electron chi connectivity index (χ2n) is 5.84. The van der Waals surface area contributed by atoms with Gasteiger partial charge in [0.25, 0.3) is 5.91 Å². The molecule has 0 saturated heterocycles. The zero-order valence-electron chi connectivity index (χ0n) is 14.9. The van der Waals surface area contributed by atoms with Crippen LogP contribution in [0.1, 0.15) is 21.6 Å². The van der Waals surface area contributed by atoms with Gasteiger partial charge in [-0.1, -0.05) is 18.2 Å². The number of benzene rings is 2. The van der Waals surface area contributed by atoms with Crippen LogP contribution in [0.4, 0.5) is 17.3 Å². The second kappa shape index (κ2) is 7.65. The minimum absolute atomic E-state index is 0.261. The van der Waals surface area contributed by atoms with Crippen molar-refractivity contribution in [3.05, 3.63) is 71.5 Å². The van der Waals surface area contributed by atoms with Crippen molar-refractivity contribution < 1.29 is 9.53 Å². The summed E-state index contributed by atoms with van der Waals surface area (Å²) in [6, 6.07) is 14.8. The fraction of sp³-hybridized carbons (Fsp3) is 0.150. The monoisotopic (exact) mass is 348 g/mol. The molecule has 0 aliphatic carbocycles. The van der Waals surface area contributed by atoms with Crippen LogP contribution < -0.4 is 15.4 Å². The van der Waals surface area contributed by atoms with Gasteiger partial charge in [0, 0.05) is 11.9 Å². The van der Waals surface area contributed by atoms with E-state index in [2.05, 4.69) is 27.5 Å². The summed E-state index contributed by atoms with van der Waals surface area (Å²) in [6.07, 6.45) is 1.55. The highest BCUT2D eigenvalue weighted by molar-refractivity contribution is 6.03. The molecule has 2 N–H and O–H groups in total. The summed E-state index contributed by atoms with van der Waals surface area (Å²) in [4.78, 5) is 21.0. The number of anilines is 3. The molecule has 0 bridgehead atoms. The molecule has 1 heterocycles. The molecule has 0 atom stereocenters. The van der Waals surface area contributed by atoms with Crippen LogP contribution in [0.25, 0.3) is 0 Å². The fourth-order valence-electron chi connectivity index (χ4n) is 2.43. The molecule has 0 aliphatic rings. The molecule has 6 nitrogen and oxygen atoms in total. The van der Waals surface area contributed by atoms with Gasteiger partial charge in [-0.05, 0) is 55.3 Å². The van der Waals surface area contributed by atoms with Crippen molar-refractivity contribution >= 4 is 23.2 Å². The topological polar surface area (TPSA) is 76.1 Å². The Morgan fingerprint density at radius 2 is 1.85 bits per heavy atom.